The molecule has 88 valence electrons. The summed E-state index contributed by atoms with van der Waals surface area (Å²) in [6, 6.07) is 1.34. The van der Waals surface area contributed by atoms with Gasteiger partial charge in [-0.05, 0) is 18.8 Å². The zero-order chi connectivity index (χ0) is 11.5. The molecule has 2 rings (SSSR count). The summed E-state index contributed by atoms with van der Waals surface area (Å²) in [7, 11) is 0. The van der Waals surface area contributed by atoms with Gasteiger partial charge in [-0.2, -0.15) is 0 Å². The van der Waals surface area contributed by atoms with Crippen LogP contribution < -0.4 is 11.3 Å². The number of aromatic amines is 1. The predicted molar refractivity (Wildman–Crippen MR) is 64.3 cm³/mol. The molecule has 0 aromatic carbocycles. The van der Waals surface area contributed by atoms with Crippen molar-refractivity contribution in [2.45, 2.75) is 44.9 Å². The summed E-state index contributed by atoms with van der Waals surface area (Å²) in [5.74, 6) is 2.26. The van der Waals surface area contributed by atoms with E-state index in [0.29, 0.717) is 11.7 Å². The van der Waals surface area contributed by atoms with Crippen molar-refractivity contribution in [3.63, 3.8) is 0 Å². The van der Waals surface area contributed by atoms with Crippen molar-refractivity contribution in [1.29, 1.82) is 0 Å². The number of nitrogens with zero attached hydrogens (tertiary/aromatic N) is 1. The van der Waals surface area contributed by atoms with Crippen LogP contribution in [0.15, 0.2) is 10.9 Å². The molecular formula is C12H19N3O. The van der Waals surface area contributed by atoms with Gasteiger partial charge in [0.2, 0.25) is 0 Å². The van der Waals surface area contributed by atoms with Crippen molar-refractivity contribution in [2.75, 3.05) is 5.73 Å². The van der Waals surface area contributed by atoms with Gasteiger partial charge in [0.05, 0.1) is 0 Å². The molecule has 1 aromatic heterocycles. The molecular weight excluding hydrogens is 202 g/mol. The van der Waals surface area contributed by atoms with Gasteiger partial charge in [-0.1, -0.05) is 26.2 Å². The first-order valence-corrected chi connectivity index (χ1v) is 6.05. The lowest BCUT2D eigenvalue weighted by molar-refractivity contribution is 0.307. The monoisotopic (exact) mass is 221 g/mol. The summed E-state index contributed by atoms with van der Waals surface area (Å²) in [6.07, 6.45) is 5.98. The zero-order valence-corrected chi connectivity index (χ0v) is 9.70. The summed E-state index contributed by atoms with van der Waals surface area (Å²) in [5.41, 5.74) is 5.46. The number of rotatable bonds is 2. The molecule has 0 saturated heterocycles. The van der Waals surface area contributed by atoms with E-state index in [9.17, 15) is 4.79 Å². The number of H-pyrrole nitrogens is 1. The van der Waals surface area contributed by atoms with Crippen LogP contribution >= 0.6 is 0 Å². The smallest absolute Gasteiger partial charge is 0.252 e. The molecule has 2 unspecified atom stereocenters. The lowest BCUT2D eigenvalue weighted by atomic mass is 9.80. The zero-order valence-electron chi connectivity index (χ0n) is 9.70. The van der Waals surface area contributed by atoms with E-state index >= 15 is 0 Å². The number of anilines is 1. The van der Waals surface area contributed by atoms with Crippen LogP contribution in [0.4, 0.5) is 5.82 Å². The molecule has 0 radical (unpaired) electrons. The Morgan fingerprint density at radius 2 is 2.38 bits per heavy atom. The highest BCUT2D eigenvalue weighted by molar-refractivity contribution is 5.26. The highest BCUT2D eigenvalue weighted by Gasteiger charge is 2.23. The Bertz CT molecular complexity index is 413. The average Bonchev–Trinajstić information content (AvgIpc) is 2.28. The minimum absolute atomic E-state index is 0.138. The number of nitrogen functional groups attached to an aromatic ring is 1. The fourth-order valence-electron chi connectivity index (χ4n) is 2.60. The van der Waals surface area contributed by atoms with E-state index in [2.05, 4.69) is 16.9 Å². The first-order chi connectivity index (χ1) is 7.69. The molecule has 4 heteroatoms. The van der Waals surface area contributed by atoms with Gasteiger partial charge in [0.15, 0.2) is 0 Å². The van der Waals surface area contributed by atoms with Gasteiger partial charge < -0.3 is 10.7 Å². The number of nitrogens with one attached hydrogen (secondary N) is 1. The molecule has 1 aliphatic rings. The molecule has 0 bridgehead atoms. The standard InChI is InChI=1S/C12H19N3O/c1-2-8-4-3-5-9(6-8)12-14-10(13)7-11(16)15-12/h7-9H,2-6H2,1H3,(H3,13,14,15,16). The van der Waals surface area contributed by atoms with Crippen LogP contribution in [0.25, 0.3) is 0 Å². The van der Waals surface area contributed by atoms with E-state index in [0.717, 1.165) is 24.6 Å². The second-order valence-electron chi connectivity index (χ2n) is 4.69. The van der Waals surface area contributed by atoms with Gasteiger partial charge in [0, 0.05) is 12.0 Å². The summed E-state index contributed by atoms with van der Waals surface area (Å²) in [6.45, 7) is 2.22. The molecule has 0 amide bonds. The molecule has 1 saturated carbocycles. The summed E-state index contributed by atoms with van der Waals surface area (Å²) >= 11 is 0. The van der Waals surface area contributed by atoms with Gasteiger partial charge in [-0.15, -0.1) is 0 Å². The van der Waals surface area contributed by atoms with Crippen molar-refractivity contribution in [3.8, 4) is 0 Å². The van der Waals surface area contributed by atoms with Crippen molar-refractivity contribution in [2.24, 2.45) is 5.92 Å². The maximum absolute atomic E-state index is 11.3. The van der Waals surface area contributed by atoms with E-state index in [-0.39, 0.29) is 5.56 Å². The Kier molecular flexibility index (Phi) is 3.27. The first kappa shape index (κ1) is 11.2. The second kappa shape index (κ2) is 4.68. The summed E-state index contributed by atoms with van der Waals surface area (Å²) < 4.78 is 0. The normalized spacial score (nSPS) is 25.6. The predicted octanol–water partition coefficient (Wildman–Crippen LogP) is 2.04. The third-order valence-electron chi connectivity index (χ3n) is 3.53. The molecule has 16 heavy (non-hydrogen) atoms. The fourth-order valence-corrected chi connectivity index (χ4v) is 2.60. The highest BCUT2D eigenvalue weighted by atomic mass is 16.1. The molecule has 1 aliphatic carbocycles. The van der Waals surface area contributed by atoms with E-state index in [1.165, 1.54) is 25.3 Å². The maximum atomic E-state index is 11.3. The molecule has 3 N–H and O–H groups in total. The van der Waals surface area contributed by atoms with Crippen LogP contribution in [-0.4, -0.2) is 9.97 Å². The summed E-state index contributed by atoms with van der Waals surface area (Å²) in [4.78, 5) is 18.4. The Morgan fingerprint density at radius 1 is 1.56 bits per heavy atom. The van der Waals surface area contributed by atoms with E-state index in [1.807, 2.05) is 0 Å². The largest absolute Gasteiger partial charge is 0.383 e. The lowest BCUT2D eigenvalue weighted by Gasteiger charge is -2.27. The van der Waals surface area contributed by atoms with Crippen molar-refractivity contribution >= 4 is 5.82 Å². The molecule has 0 spiro atoms. The maximum Gasteiger partial charge on any atom is 0.252 e. The van der Waals surface area contributed by atoms with Gasteiger partial charge in [-0.3, -0.25) is 4.79 Å². The Morgan fingerprint density at radius 3 is 3.06 bits per heavy atom. The van der Waals surface area contributed by atoms with E-state index < -0.39 is 0 Å². The number of hydrogen-bond acceptors (Lipinski definition) is 3. The fraction of sp³-hybridized carbons (Fsp3) is 0.667. The van der Waals surface area contributed by atoms with Crippen molar-refractivity contribution < 1.29 is 0 Å². The highest BCUT2D eigenvalue weighted by Crippen LogP contribution is 2.35. The van der Waals surface area contributed by atoms with Gasteiger partial charge in [0.1, 0.15) is 11.6 Å². The topological polar surface area (TPSA) is 71.8 Å². The first-order valence-electron chi connectivity index (χ1n) is 6.05. The molecule has 0 aliphatic heterocycles. The summed E-state index contributed by atoms with van der Waals surface area (Å²) in [5, 5.41) is 0. The number of nitrogens with two attached hydrogens (primary N) is 1. The molecule has 1 fully saturated rings. The van der Waals surface area contributed by atoms with Crippen molar-refractivity contribution in [3.05, 3.63) is 22.2 Å². The van der Waals surface area contributed by atoms with Gasteiger partial charge >= 0.3 is 0 Å². The van der Waals surface area contributed by atoms with E-state index in [1.54, 1.807) is 0 Å². The van der Waals surface area contributed by atoms with Crippen LogP contribution in [0, 0.1) is 5.92 Å². The Hall–Kier alpha value is -1.32. The third kappa shape index (κ3) is 2.43. The second-order valence-corrected chi connectivity index (χ2v) is 4.69. The Labute approximate surface area is 95.3 Å². The third-order valence-corrected chi connectivity index (χ3v) is 3.53. The van der Waals surface area contributed by atoms with Crippen LogP contribution in [0.5, 0.6) is 0 Å². The molecule has 4 nitrogen and oxygen atoms in total. The van der Waals surface area contributed by atoms with Crippen molar-refractivity contribution in [1.82, 2.24) is 9.97 Å². The lowest BCUT2D eigenvalue weighted by Crippen LogP contribution is -2.20. The minimum atomic E-state index is -0.138. The van der Waals surface area contributed by atoms with Crippen LogP contribution in [0.3, 0.4) is 0 Å². The van der Waals surface area contributed by atoms with E-state index in [4.69, 9.17) is 5.73 Å². The van der Waals surface area contributed by atoms with Crippen LogP contribution in [0.2, 0.25) is 0 Å². The minimum Gasteiger partial charge on any atom is -0.383 e. The number of aromatic nitrogens is 2. The van der Waals surface area contributed by atoms with Gasteiger partial charge in [-0.25, -0.2) is 4.98 Å². The van der Waals surface area contributed by atoms with Gasteiger partial charge in [0.25, 0.3) is 5.56 Å². The Balaban J connectivity index is 2.19. The molecule has 2 atom stereocenters. The molecule has 1 heterocycles. The SMILES string of the molecule is CCC1CCCC(c2nc(N)cc(=O)[nH]2)C1. The number of hydrogen-bond donors (Lipinski definition) is 2. The molecule has 1 aromatic rings. The van der Waals surface area contributed by atoms with Crippen LogP contribution in [-0.2, 0) is 0 Å². The average molecular weight is 221 g/mol. The van der Waals surface area contributed by atoms with Crippen LogP contribution in [0.1, 0.15) is 50.8 Å². The quantitative estimate of drug-likeness (QED) is 0.802.